The molecule has 1 amide bonds. The van der Waals surface area contributed by atoms with E-state index < -0.39 is 23.8 Å². The van der Waals surface area contributed by atoms with Crippen LogP contribution < -0.4 is 10.6 Å². The van der Waals surface area contributed by atoms with Crippen LogP contribution in [0.2, 0.25) is 0 Å². The third-order valence-electron chi connectivity index (χ3n) is 6.45. The highest BCUT2D eigenvalue weighted by Crippen LogP contribution is 2.30. The zero-order valence-corrected chi connectivity index (χ0v) is 19.7. The third-order valence-corrected chi connectivity index (χ3v) is 6.45. The number of hydrogen-bond donors (Lipinski definition) is 3. The summed E-state index contributed by atoms with van der Waals surface area (Å²) in [6, 6.07) is 9.44. The standard InChI is InChI=1S/C27H36F2N2O2/c1-3-5-9-27(33)31-25(15-19-12-21(28)16-22(29)13-19)26(32)17-30-24-8-6-7-20-11-10-18(4-2)14-23(20)24/h10-14,16,24-26,30,32H,3-9,15,17H2,1-2H3,(H,31,33). The van der Waals surface area contributed by atoms with Crippen molar-refractivity contribution >= 4 is 5.91 Å². The van der Waals surface area contributed by atoms with Crippen LogP contribution in [-0.4, -0.2) is 29.7 Å². The van der Waals surface area contributed by atoms with Crippen LogP contribution in [0.15, 0.2) is 36.4 Å². The second-order valence-electron chi connectivity index (χ2n) is 9.07. The van der Waals surface area contributed by atoms with Crippen molar-refractivity contribution in [3.05, 3.63) is 70.3 Å². The molecule has 180 valence electrons. The quantitative estimate of drug-likeness (QED) is 0.454. The first-order valence-electron chi connectivity index (χ1n) is 12.2. The monoisotopic (exact) mass is 458 g/mol. The van der Waals surface area contributed by atoms with Gasteiger partial charge >= 0.3 is 0 Å². The summed E-state index contributed by atoms with van der Waals surface area (Å²) in [6.45, 7) is 4.42. The molecule has 0 heterocycles. The van der Waals surface area contributed by atoms with Gasteiger partial charge in [0.15, 0.2) is 0 Å². The Balaban J connectivity index is 1.70. The largest absolute Gasteiger partial charge is 0.390 e. The highest BCUT2D eigenvalue weighted by molar-refractivity contribution is 5.76. The molecule has 3 N–H and O–H groups in total. The van der Waals surface area contributed by atoms with Crippen molar-refractivity contribution in [1.82, 2.24) is 10.6 Å². The Morgan fingerprint density at radius 1 is 1.12 bits per heavy atom. The Morgan fingerprint density at radius 2 is 1.88 bits per heavy atom. The molecule has 6 heteroatoms. The number of unbranched alkanes of at least 4 members (excludes halogenated alkanes) is 1. The van der Waals surface area contributed by atoms with Gasteiger partial charge in [0.25, 0.3) is 0 Å². The maximum Gasteiger partial charge on any atom is 0.220 e. The van der Waals surface area contributed by atoms with Crippen molar-refractivity contribution in [3.63, 3.8) is 0 Å². The smallest absolute Gasteiger partial charge is 0.220 e. The van der Waals surface area contributed by atoms with Crippen LogP contribution in [-0.2, 0) is 24.1 Å². The van der Waals surface area contributed by atoms with Crippen molar-refractivity contribution in [2.24, 2.45) is 0 Å². The number of benzene rings is 2. The number of fused-ring (bicyclic) bond motifs is 1. The van der Waals surface area contributed by atoms with Gasteiger partial charge in [0, 0.05) is 25.1 Å². The van der Waals surface area contributed by atoms with Gasteiger partial charge in [0.1, 0.15) is 11.6 Å². The first kappa shape index (κ1) is 25.3. The van der Waals surface area contributed by atoms with Gasteiger partial charge in [-0.2, -0.15) is 0 Å². The number of nitrogens with one attached hydrogen (secondary N) is 2. The maximum atomic E-state index is 13.7. The van der Waals surface area contributed by atoms with E-state index in [1.165, 1.54) is 28.8 Å². The van der Waals surface area contributed by atoms with E-state index in [2.05, 4.69) is 35.8 Å². The molecule has 0 spiro atoms. The lowest BCUT2D eigenvalue weighted by molar-refractivity contribution is -0.122. The van der Waals surface area contributed by atoms with Gasteiger partial charge in [0.05, 0.1) is 12.1 Å². The Morgan fingerprint density at radius 3 is 2.58 bits per heavy atom. The molecule has 33 heavy (non-hydrogen) atoms. The van der Waals surface area contributed by atoms with E-state index in [-0.39, 0.29) is 24.9 Å². The highest BCUT2D eigenvalue weighted by Gasteiger charge is 2.25. The van der Waals surface area contributed by atoms with Crippen LogP contribution >= 0.6 is 0 Å². The molecular weight excluding hydrogens is 422 g/mol. The first-order chi connectivity index (χ1) is 15.9. The molecule has 0 aliphatic heterocycles. The van der Waals surface area contributed by atoms with E-state index in [9.17, 15) is 18.7 Å². The molecule has 0 bridgehead atoms. The summed E-state index contributed by atoms with van der Waals surface area (Å²) < 4.78 is 27.4. The molecule has 4 nitrogen and oxygen atoms in total. The molecule has 0 radical (unpaired) electrons. The molecule has 2 aromatic carbocycles. The number of rotatable bonds is 11. The van der Waals surface area contributed by atoms with Crippen molar-refractivity contribution in [1.29, 1.82) is 0 Å². The fourth-order valence-corrected chi connectivity index (χ4v) is 4.57. The first-order valence-corrected chi connectivity index (χ1v) is 12.2. The molecule has 0 aromatic heterocycles. The zero-order valence-electron chi connectivity index (χ0n) is 19.7. The number of amides is 1. The molecular formula is C27H36F2N2O2. The van der Waals surface area contributed by atoms with Gasteiger partial charge in [-0.15, -0.1) is 0 Å². The lowest BCUT2D eigenvalue weighted by Crippen LogP contribution is -2.49. The lowest BCUT2D eigenvalue weighted by atomic mass is 9.86. The SMILES string of the molecule is CCCCC(=O)NC(Cc1cc(F)cc(F)c1)C(O)CNC1CCCc2ccc(CC)cc21. The summed E-state index contributed by atoms with van der Waals surface area (Å²) in [5.41, 5.74) is 4.31. The predicted octanol–water partition coefficient (Wildman–Crippen LogP) is 4.77. The summed E-state index contributed by atoms with van der Waals surface area (Å²) >= 11 is 0. The van der Waals surface area contributed by atoms with E-state index in [0.29, 0.717) is 12.0 Å². The van der Waals surface area contributed by atoms with Gasteiger partial charge in [0.2, 0.25) is 5.91 Å². The van der Waals surface area contributed by atoms with Crippen LogP contribution in [0.25, 0.3) is 0 Å². The van der Waals surface area contributed by atoms with Gasteiger partial charge < -0.3 is 15.7 Å². The van der Waals surface area contributed by atoms with E-state index >= 15 is 0 Å². The molecule has 0 saturated heterocycles. The molecule has 0 fully saturated rings. The van der Waals surface area contributed by atoms with E-state index in [4.69, 9.17) is 0 Å². The fraction of sp³-hybridized carbons (Fsp3) is 0.519. The number of aryl methyl sites for hydroxylation is 2. The van der Waals surface area contributed by atoms with Crippen LogP contribution in [0.1, 0.15) is 74.2 Å². The fourth-order valence-electron chi connectivity index (χ4n) is 4.57. The minimum absolute atomic E-state index is 0.137. The number of aliphatic hydroxyl groups excluding tert-OH is 1. The van der Waals surface area contributed by atoms with E-state index in [1.807, 2.05) is 6.92 Å². The van der Waals surface area contributed by atoms with Crippen molar-refractivity contribution in [2.45, 2.75) is 83.4 Å². The average molecular weight is 459 g/mol. The van der Waals surface area contributed by atoms with Gasteiger partial charge in [-0.1, -0.05) is 38.5 Å². The molecule has 2 aromatic rings. The topological polar surface area (TPSA) is 61.4 Å². The van der Waals surface area contributed by atoms with E-state index in [0.717, 1.165) is 44.6 Å². The minimum Gasteiger partial charge on any atom is -0.390 e. The Kier molecular flexibility index (Phi) is 9.39. The number of hydrogen-bond acceptors (Lipinski definition) is 3. The Labute approximate surface area is 195 Å². The van der Waals surface area contributed by atoms with E-state index in [1.54, 1.807) is 0 Å². The molecule has 3 atom stereocenters. The predicted molar refractivity (Wildman–Crippen MR) is 127 cm³/mol. The number of aliphatic hydroxyl groups is 1. The maximum absolute atomic E-state index is 13.7. The molecule has 1 aliphatic rings. The minimum atomic E-state index is -0.901. The molecule has 0 saturated carbocycles. The second kappa shape index (κ2) is 12.2. The van der Waals surface area contributed by atoms with Gasteiger partial charge in [-0.25, -0.2) is 8.78 Å². The molecule has 3 unspecified atom stereocenters. The summed E-state index contributed by atoms with van der Waals surface area (Å²) in [5.74, 6) is -1.49. The van der Waals surface area contributed by atoms with Gasteiger partial charge in [-0.05, 0) is 72.9 Å². The molecule has 1 aliphatic carbocycles. The molecule has 3 rings (SSSR count). The van der Waals surface area contributed by atoms with Crippen molar-refractivity contribution in [3.8, 4) is 0 Å². The number of carbonyl (C=O) groups excluding carboxylic acids is 1. The van der Waals surface area contributed by atoms with Crippen LogP contribution in [0.4, 0.5) is 8.78 Å². The number of carbonyl (C=O) groups is 1. The van der Waals surface area contributed by atoms with Crippen LogP contribution in [0, 0.1) is 11.6 Å². The van der Waals surface area contributed by atoms with Crippen LogP contribution in [0.3, 0.4) is 0 Å². The third kappa shape index (κ3) is 7.34. The number of halogens is 2. The second-order valence-corrected chi connectivity index (χ2v) is 9.07. The van der Waals surface area contributed by atoms with Gasteiger partial charge in [-0.3, -0.25) is 4.79 Å². The zero-order chi connectivity index (χ0) is 23.8. The highest BCUT2D eigenvalue weighted by atomic mass is 19.1. The summed E-state index contributed by atoms with van der Waals surface area (Å²) in [4.78, 5) is 12.4. The summed E-state index contributed by atoms with van der Waals surface area (Å²) in [6.07, 6.45) is 5.33. The normalized spacial score (nSPS) is 17.3. The van der Waals surface area contributed by atoms with Crippen molar-refractivity contribution in [2.75, 3.05) is 6.54 Å². The Bertz CT molecular complexity index is 914. The average Bonchev–Trinajstić information content (AvgIpc) is 2.79. The summed E-state index contributed by atoms with van der Waals surface area (Å²) in [5, 5.41) is 17.4. The summed E-state index contributed by atoms with van der Waals surface area (Å²) in [7, 11) is 0. The van der Waals surface area contributed by atoms with Crippen LogP contribution in [0.5, 0.6) is 0 Å². The Hall–Kier alpha value is -2.31. The van der Waals surface area contributed by atoms with Crippen molar-refractivity contribution < 1.29 is 18.7 Å². The lowest BCUT2D eigenvalue weighted by Gasteiger charge is -2.30.